The predicted octanol–water partition coefficient (Wildman–Crippen LogP) is 3.08. The predicted molar refractivity (Wildman–Crippen MR) is 68.3 cm³/mol. The summed E-state index contributed by atoms with van der Waals surface area (Å²) in [5.74, 6) is 4.87. The highest BCUT2D eigenvalue weighted by molar-refractivity contribution is 5.87. The van der Waals surface area contributed by atoms with Crippen molar-refractivity contribution in [1.82, 2.24) is 0 Å². The topological polar surface area (TPSA) is 26.3 Å². The van der Waals surface area contributed by atoms with Crippen molar-refractivity contribution in [2.75, 3.05) is 0 Å². The molecule has 1 aromatic rings. The summed E-state index contributed by atoms with van der Waals surface area (Å²) in [6.45, 7) is 8.45. The van der Waals surface area contributed by atoms with Gasteiger partial charge in [-0.05, 0) is 45.0 Å². The van der Waals surface area contributed by atoms with E-state index in [0.717, 1.165) is 0 Å². The second-order valence-corrected chi connectivity index (χ2v) is 4.44. The van der Waals surface area contributed by atoms with Crippen LogP contribution in [0.5, 0.6) is 0 Å². The fourth-order valence-electron chi connectivity index (χ4n) is 1.10. The molecule has 0 fully saturated rings. The Bertz CT molecular complexity index is 516. The van der Waals surface area contributed by atoms with Crippen molar-refractivity contribution in [2.24, 2.45) is 0 Å². The Morgan fingerprint density at radius 1 is 1.33 bits per heavy atom. The Balaban J connectivity index is 2.80. The van der Waals surface area contributed by atoms with E-state index in [0.29, 0.717) is 11.1 Å². The van der Waals surface area contributed by atoms with Gasteiger partial charge in [-0.2, -0.15) is 0 Å². The Morgan fingerprint density at radius 2 is 1.89 bits per heavy atom. The molecular formula is C15H15FO2. The monoisotopic (exact) mass is 246 g/mol. The van der Waals surface area contributed by atoms with Crippen molar-refractivity contribution < 1.29 is 13.9 Å². The molecule has 2 nitrogen and oxygen atoms in total. The van der Waals surface area contributed by atoms with Crippen molar-refractivity contribution in [3.05, 3.63) is 47.8 Å². The Hall–Kier alpha value is -2.08. The summed E-state index contributed by atoms with van der Waals surface area (Å²) < 4.78 is 17.9. The summed E-state index contributed by atoms with van der Waals surface area (Å²) in [6.07, 6.45) is 0. The van der Waals surface area contributed by atoms with Gasteiger partial charge in [0, 0.05) is 11.1 Å². The van der Waals surface area contributed by atoms with E-state index in [1.54, 1.807) is 32.9 Å². The van der Waals surface area contributed by atoms with Gasteiger partial charge >= 0.3 is 5.97 Å². The van der Waals surface area contributed by atoms with Crippen LogP contribution >= 0.6 is 0 Å². The summed E-state index contributed by atoms with van der Waals surface area (Å²) in [6, 6.07) is 5.80. The van der Waals surface area contributed by atoms with Gasteiger partial charge in [0.2, 0.25) is 0 Å². The van der Waals surface area contributed by atoms with Crippen LogP contribution in [0.2, 0.25) is 0 Å². The zero-order valence-electron chi connectivity index (χ0n) is 10.7. The minimum absolute atomic E-state index is 0.312. The molecule has 0 saturated carbocycles. The van der Waals surface area contributed by atoms with Crippen LogP contribution in [-0.2, 0) is 9.53 Å². The lowest BCUT2D eigenvalue weighted by Crippen LogP contribution is -2.26. The summed E-state index contributed by atoms with van der Waals surface area (Å²) in [5, 5.41) is 0. The number of rotatable bonds is 2. The molecule has 3 heteroatoms. The molecule has 0 N–H and O–H groups in total. The van der Waals surface area contributed by atoms with Gasteiger partial charge in [-0.1, -0.05) is 18.4 Å². The molecule has 0 aliphatic rings. The molecule has 0 spiro atoms. The quantitative estimate of drug-likeness (QED) is 0.455. The summed E-state index contributed by atoms with van der Waals surface area (Å²) in [7, 11) is 0. The van der Waals surface area contributed by atoms with E-state index in [1.807, 2.05) is 0 Å². The standard InChI is InChI=1S/C15H15FO2/c1-11(2)14(17)18-15(3,4)10-9-12-5-7-13(16)8-6-12/h5-8H,1H2,2-4H3. The number of halogens is 1. The molecule has 1 aromatic carbocycles. The third-order valence-corrected chi connectivity index (χ3v) is 2.05. The smallest absolute Gasteiger partial charge is 0.334 e. The lowest BCUT2D eigenvalue weighted by atomic mass is 10.1. The molecule has 0 amide bonds. The molecule has 0 atom stereocenters. The molecule has 18 heavy (non-hydrogen) atoms. The highest BCUT2D eigenvalue weighted by atomic mass is 19.1. The number of hydrogen-bond donors (Lipinski definition) is 0. The lowest BCUT2D eigenvalue weighted by molar-refractivity contribution is -0.146. The van der Waals surface area contributed by atoms with E-state index in [9.17, 15) is 9.18 Å². The van der Waals surface area contributed by atoms with Crippen molar-refractivity contribution in [3.63, 3.8) is 0 Å². The van der Waals surface area contributed by atoms with Crippen LogP contribution in [0.4, 0.5) is 4.39 Å². The van der Waals surface area contributed by atoms with E-state index in [-0.39, 0.29) is 5.82 Å². The molecule has 0 bridgehead atoms. The maximum atomic E-state index is 12.7. The second kappa shape index (κ2) is 5.50. The molecule has 0 radical (unpaired) electrons. The molecule has 0 unspecified atom stereocenters. The van der Waals surface area contributed by atoms with Crippen molar-refractivity contribution in [2.45, 2.75) is 26.4 Å². The maximum Gasteiger partial charge on any atom is 0.334 e. The van der Waals surface area contributed by atoms with Gasteiger partial charge in [0.1, 0.15) is 5.82 Å². The number of benzene rings is 1. The number of ether oxygens (including phenoxy) is 1. The van der Waals surface area contributed by atoms with Gasteiger partial charge < -0.3 is 4.74 Å². The maximum absolute atomic E-state index is 12.7. The van der Waals surface area contributed by atoms with Gasteiger partial charge in [0.25, 0.3) is 0 Å². The minimum atomic E-state index is -0.912. The van der Waals surface area contributed by atoms with Crippen LogP contribution in [-0.4, -0.2) is 11.6 Å². The van der Waals surface area contributed by atoms with Crippen molar-refractivity contribution in [3.8, 4) is 11.8 Å². The van der Waals surface area contributed by atoms with E-state index in [4.69, 9.17) is 4.74 Å². The van der Waals surface area contributed by atoms with Crippen LogP contribution in [0.3, 0.4) is 0 Å². The van der Waals surface area contributed by atoms with Crippen LogP contribution in [0.1, 0.15) is 26.3 Å². The van der Waals surface area contributed by atoms with Gasteiger partial charge in [0.05, 0.1) is 0 Å². The first-order chi connectivity index (χ1) is 8.30. The highest BCUT2D eigenvalue weighted by Crippen LogP contribution is 2.11. The van der Waals surface area contributed by atoms with Crippen LogP contribution in [0.25, 0.3) is 0 Å². The SMILES string of the molecule is C=C(C)C(=O)OC(C)(C)C#Cc1ccc(F)cc1. The summed E-state index contributed by atoms with van der Waals surface area (Å²) >= 11 is 0. The number of carbonyl (C=O) groups excluding carboxylic acids is 1. The zero-order chi connectivity index (χ0) is 13.8. The lowest BCUT2D eigenvalue weighted by Gasteiger charge is -2.18. The molecule has 0 heterocycles. The van der Waals surface area contributed by atoms with E-state index in [1.165, 1.54) is 12.1 Å². The molecule has 0 aromatic heterocycles. The first-order valence-electron chi connectivity index (χ1n) is 5.48. The third-order valence-electron chi connectivity index (χ3n) is 2.05. The average molecular weight is 246 g/mol. The van der Waals surface area contributed by atoms with Gasteiger partial charge in [-0.3, -0.25) is 0 Å². The van der Waals surface area contributed by atoms with Gasteiger partial charge in [-0.25, -0.2) is 9.18 Å². The highest BCUT2D eigenvalue weighted by Gasteiger charge is 2.20. The Morgan fingerprint density at radius 3 is 2.39 bits per heavy atom. The first kappa shape index (κ1) is 14.0. The van der Waals surface area contributed by atoms with Gasteiger partial charge in [-0.15, -0.1) is 0 Å². The molecule has 1 rings (SSSR count). The van der Waals surface area contributed by atoms with Crippen LogP contribution in [0.15, 0.2) is 36.4 Å². The molecule has 0 aliphatic heterocycles. The zero-order valence-corrected chi connectivity index (χ0v) is 10.7. The summed E-state index contributed by atoms with van der Waals surface area (Å²) in [5.41, 5.74) is 0.0761. The Kier molecular flexibility index (Phi) is 4.28. The average Bonchev–Trinajstić information content (AvgIpc) is 2.27. The second-order valence-electron chi connectivity index (χ2n) is 4.44. The van der Waals surface area contributed by atoms with Gasteiger partial charge in [0.15, 0.2) is 5.60 Å². The van der Waals surface area contributed by atoms with E-state index in [2.05, 4.69) is 18.4 Å². The summed E-state index contributed by atoms with van der Waals surface area (Å²) in [4.78, 5) is 11.4. The van der Waals surface area contributed by atoms with E-state index < -0.39 is 11.6 Å². The number of esters is 1. The normalized spacial score (nSPS) is 10.2. The first-order valence-corrected chi connectivity index (χ1v) is 5.48. The van der Waals surface area contributed by atoms with Crippen LogP contribution < -0.4 is 0 Å². The van der Waals surface area contributed by atoms with E-state index >= 15 is 0 Å². The van der Waals surface area contributed by atoms with Crippen molar-refractivity contribution in [1.29, 1.82) is 0 Å². The number of carbonyl (C=O) groups is 1. The number of hydrogen-bond acceptors (Lipinski definition) is 2. The van der Waals surface area contributed by atoms with Crippen LogP contribution in [0, 0.1) is 17.7 Å². The van der Waals surface area contributed by atoms with Crippen molar-refractivity contribution >= 4 is 5.97 Å². The fraction of sp³-hybridized carbons (Fsp3) is 0.267. The molecule has 0 aliphatic carbocycles. The minimum Gasteiger partial charge on any atom is -0.443 e. The molecule has 0 saturated heterocycles. The molecule has 94 valence electrons. The Labute approximate surface area is 106 Å². The molecular weight excluding hydrogens is 231 g/mol. The third kappa shape index (κ3) is 4.42. The fourth-order valence-corrected chi connectivity index (χ4v) is 1.10. The largest absolute Gasteiger partial charge is 0.443 e.